The molecule has 8 nitrogen and oxygen atoms in total. The molecule has 10 heteroatoms. The lowest BCUT2D eigenvalue weighted by Crippen LogP contribution is -2.42. The van der Waals surface area contributed by atoms with Gasteiger partial charge in [-0.2, -0.15) is 0 Å². The second-order valence-electron chi connectivity index (χ2n) is 7.61. The van der Waals surface area contributed by atoms with Crippen molar-refractivity contribution in [1.29, 1.82) is 0 Å². The highest BCUT2D eigenvalue weighted by atomic mass is 35.5. The number of aromatic nitrogens is 1. The van der Waals surface area contributed by atoms with Gasteiger partial charge in [0.25, 0.3) is 11.8 Å². The number of carbonyl (C=O) groups excluding carboxylic acids is 2. The van der Waals surface area contributed by atoms with E-state index in [9.17, 15) is 19.5 Å². The number of pyridine rings is 1. The molecule has 1 aromatic heterocycles. The van der Waals surface area contributed by atoms with Gasteiger partial charge in [-0.25, -0.2) is 9.78 Å². The molecular weight excluding hydrogens is 491 g/mol. The van der Waals surface area contributed by atoms with Crippen molar-refractivity contribution in [1.82, 2.24) is 15.6 Å². The van der Waals surface area contributed by atoms with Crippen molar-refractivity contribution >= 4 is 46.8 Å². The van der Waals surface area contributed by atoms with Gasteiger partial charge in [0.05, 0.1) is 15.6 Å². The summed E-state index contributed by atoms with van der Waals surface area (Å²) in [7, 11) is 0. The molecule has 2 aromatic carbocycles. The van der Waals surface area contributed by atoms with E-state index < -0.39 is 17.9 Å². The first-order valence-corrected chi connectivity index (χ1v) is 11.6. The molecule has 3 aromatic rings. The van der Waals surface area contributed by atoms with Crippen LogP contribution < -0.4 is 16.0 Å². The molecule has 2 amide bonds. The first-order valence-electron chi connectivity index (χ1n) is 10.8. The van der Waals surface area contributed by atoms with E-state index in [1.165, 1.54) is 12.1 Å². The zero-order chi connectivity index (χ0) is 25.2. The average Bonchev–Trinajstić information content (AvgIpc) is 2.84. The summed E-state index contributed by atoms with van der Waals surface area (Å²) in [6, 6.07) is 15.5. The van der Waals surface area contributed by atoms with Crippen LogP contribution in [0.2, 0.25) is 10.0 Å². The molecule has 35 heavy (non-hydrogen) atoms. The van der Waals surface area contributed by atoms with Crippen molar-refractivity contribution in [2.75, 3.05) is 18.4 Å². The summed E-state index contributed by atoms with van der Waals surface area (Å²) in [4.78, 5) is 40.8. The highest BCUT2D eigenvalue weighted by molar-refractivity contribution is 6.39. The minimum atomic E-state index is -1.21. The number of halogens is 2. The number of anilines is 1. The molecule has 0 aliphatic carbocycles. The Bertz CT molecular complexity index is 1150. The number of hydrogen-bond acceptors (Lipinski definition) is 5. The first-order chi connectivity index (χ1) is 16.8. The molecule has 0 aliphatic rings. The lowest BCUT2D eigenvalue weighted by molar-refractivity contribution is -0.139. The third-order valence-electron chi connectivity index (χ3n) is 5.06. The SMILES string of the molecule is O=C(NCCCNc1ccccn1)c1ccc(C[C@H](NC(=O)c2c(Cl)cccc2Cl)C(=O)O)cc1. The fraction of sp³-hybridized carbons (Fsp3) is 0.200. The molecule has 182 valence electrons. The topological polar surface area (TPSA) is 120 Å². The molecule has 0 unspecified atom stereocenters. The van der Waals surface area contributed by atoms with Crippen LogP contribution in [0.3, 0.4) is 0 Å². The second-order valence-corrected chi connectivity index (χ2v) is 8.43. The number of amides is 2. The standard InChI is InChI=1S/C25H24Cl2N4O4/c26-18-5-3-6-19(27)22(18)24(33)31-20(25(34)35)15-16-8-10-17(11-9-16)23(32)30-14-4-13-29-21-7-1-2-12-28-21/h1-3,5-12,20H,4,13-15H2,(H,28,29)(H,30,32)(H,31,33)(H,34,35)/t20-/m0/s1. The molecule has 0 saturated carbocycles. The van der Waals surface area contributed by atoms with Crippen molar-refractivity contribution in [3.8, 4) is 0 Å². The van der Waals surface area contributed by atoms with E-state index in [-0.39, 0.29) is 27.9 Å². The molecule has 0 fully saturated rings. The number of carboxylic acid groups (broad SMARTS) is 1. The normalized spacial score (nSPS) is 11.4. The Hall–Kier alpha value is -3.62. The minimum absolute atomic E-state index is 0.0179. The van der Waals surface area contributed by atoms with Crippen molar-refractivity contribution in [2.24, 2.45) is 0 Å². The number of nitrogens with one attached hydrogen (secondary N) is 3. The molecule has 0 saturated heterocycles. The second kappa shape index (κ2) is 12.7. The average molecular weight is 515 g/mol. The van der Waals surface area contributed by atoms with Gasteiger partial charge in [-0.1, -0.05) is 47.5 Å². The number of nitrogens with zero attached hydrogens (tertiary/aromatic N) is 1. The van der Waals surface area contributed by atoms with Crippen LogP contribution in [0.15, 0.2) is 66.9 Å². The van der Waals surface area contributed by atoms with Gasteiger partial charge >= 0.3 is 5.97 Å². The zero-order valence-electron chi connectivity index (χ0n) is 18.6. The van der Waals surface area contributed by atoms with Crippen LogP contribution in [-0.2, 0) is 11.2 Å². The highest BCUT2D eigenvalue weighted by Gasteiger charge is 2.24. The Labute approximate surface area is 212 Å². The number of aliphatic carboxylic acids is 1. The molecular formula is C25H24Cl2N4O4. The lowest BCUT2D eigenvalue weighted by Gasteiger charge is -2.16. The van der Waals surface area contributed by atoms with Crippen LogP contribution in [0.5, 0.6) is 0 Å². The Balaban J connectivity index is 1.50. The fourth-order valence-corrected chi connectivity index (χ4v) is 3.82. The first kappa shape index (κ1) is 26.0. The summed E-state index contributed by atoms with van der Waals surface area (Å²) >= 11 is 12.1. The Kier molecular flexibility index (Phi) is 9.46. The lowest BCUT2D eigenvalue weighted by atomic mass is 10.0. The van der Waals surface area contributed by atoms with E-state index in [1.807, 2.05) is 18.2 Å². The van der Waals surface area contributed by atoms with Crippen molar-refractivity contribution in [2.45, 2.75) is 18.9 Å². The van der Waals surface area contributed by atoms with E-state index in [2.05, 4.69) is 20.9 Å². The van der Waals surface area contributed by atoms with E-state index in [0.717, 1.165) is 12.2 Å². The number of hydrogen-bond donors (Lipinski definition) is 4. The maximum Gasteiger partial charge on any atom is 0.326 e. The maximum absolute atomic E-state index is 12.6. The molecule has 1 atom stereocenters. The third-order valence-corrected chi connectivity index (χ3v) is 5.69. The number of benzene rings is 2. The van der Waals surface area contributed by atoms with E-state index in [1.54, 1.807) is 36.5 Å². The summed E-state index contributed by atoms with van der Waals surface area (Å²) in [6.45, 7) is 1.15. The van der Waals surface area contributed by atoms with Crippen LogP contribution in [0.25, 0.3) is 0 Å². The van der Waals surface area contributed by atoms with Crippen molar-refractivity contribution in [3.63, 3.8) is 0 Å². The smallest absolute Gasteiger partial charge is 0.326 e. The summed E-state index contributed by atoms with van der Waals surface area (Å²) in [5, 5.41) is 18.3. The van der Waals surface area contributed by atoms with E-state index in [0.29, 0.717) is 24.2 Å². The zero-order valence-corrected chi connectivity index (χ0v) is 20.1. The quantitative estimate of drug-likeness (QED) is 0.286. The predicted molar refractivity (Wildman–Crippen MR) is 135 cm³/mol. The predicted octanol–water partition coefficient (Wildman–Crippen LogP) is 4.05. The fourth-order valence-electron chi connectivity index (χ4n) is 3.25. The van der Waals surface area contributed by atoms with Crippen LogP contribution in [0.4, 0.5) is 5.82 Å². The third kappa shape index (κ3) is 7.70. The van der Waals surface area contributed by atoms with Gasteiger partial charge in [-0.05, 0) is 48.4 Å². The van der Waals surface area contributed by atoms with Gasteiger partial charge in [-0.3, -0.25) is 9.59 Å². The van der Waals surface area contributed by atoms with Gasteiger partial charge in [0.2, 0.25) is 0 Å². The highest BCUT2D eigenvalue weighted by Crippen LogP contribution is 2.24. The maximum atomic E-state index is 12.6. The Morgan fingerprint density at radius 1 is 0.886 bits per heavy atom. The summed E-state index contributed by atoms with van der Waals surface area (Å²) < 4.78 is 0. The molecule has 1 heterocycles. The molecule has 0 radical (unpaired) electrons. The summed E-state index contributed by atoms with van der Waals surface area (Å²) in [5.41, 5.74) is 1.11. The van der Waals surface area contributed by atoms with E-state index in [4.69, 9.17) is 23.2 Å². The van der Waals surface area contributed by atoms with Gasteiger partial charge in [0.1, 0.15) is 11.9 Å². The van der Waals surface area contributed by atoms with Gasteiger partial charge in [0.15, 0.2) is 0 Å². The van der Waals surface area contributed by atoms with Crippen LogP contribution >= 0.6 is 23.2 Å². The number of rotatable bonds is 11. The molecule has 3 rings (SSSR count). The van der Waals surface area contributed by atoms with Gasteiger partial charge in [0, 0.05) is 31.3 Å². The monoisotopic (exact) mass is 514 g/mol. The largest absolute Gasteiger partial charge is 0.480 e. The van der Waals surface area contributed by atoms with Crippen LogP contribution in [0, 0.1) is 0 Å². The number of carbonyl (C=O) groups is 3. The van der Waals surface area contributed by atoms with Crippen molar-refractivity contribution in [3.05, 3.63) is 93.6 Å². The van der Waals surface area contributed by atoms with Crippen LogP contribution in [-0.4, -0.2) is 47.0 Å². The Morgan fingerprint density at radius 3 is 2.23 bits per heavy atom. The van der Waals surface area contributed by atoms with Crippen molar-refractivity contribution < 1.29 is 19.5 Å². The molecule has 4 N–H and O–H groups in total. The summed E-state index contributed by atoms with van der Waals surface area (Å²) in [6.07, 6.45) is 2.44. The van der Waals surface area contributed by atoms with Gasteiger partial charge in [-0.15, -0.1) is 0 Å². The summed E-state index contributed by atoms with van der Waals surface area (Å²) in [5.74, 6) is -1.34. The minimum Gasteiger partial charge on any atom is -0.480 e. The number of carboxylic acids is 1. The van der Waals surface area contributed by atoms with Gasteiger partial charge < -0.3 is 21.1 Å². The molecule has 0 spiro atoms. The Morgan fingerprint density at radius 2 is 1.60 bits per heavy atom. The molecule has 0 bridgehead atoms. The molecule has 0 aliphatic heterocycles. The van der Waals surface area contributed by atoms with E-state index >= 15 is 0 Å². The van der Waals surface area contributed by atoms with Crippen LogP contribution in [0.1, 0.15) is 32.7 Å².